The van der Waals surface area contributed by atoms with Crippen molar-refractivity contribution in [3.63, 3.8) is 0 Å². The van der Waals surface area contributed by atoms with Crippen LogP contribution in [0.4, 0.5) is 0 Å². The highest BCUT2D eigenvalue weighted by Gasteiger charge is 2.33. The zero-order valence-electron chi connectivity index (χ0n) is 8.98. The van der Waals surface area contributed by atoms with Crippen molar-refractivity contribution >= 4 is 0 Å². The van der Waals surface area contributed by atoms with E-state index in [9.17, 15) is 0 Å². The van der Waals surface area contributed by atoms with Gasteiger partial charge in [-0.15, -0.1) is 0 Å². The number of nitrogens with two attached hydrogens (primary N) is 1. The van der Waals surface area contributed by atoms with E-state index in [-0.39, 0.29) is 6.04 Å². The number of aryl methyl sites for hydroxylation is 1. The molecule has 0 spiro atoms. The second-order valence-electron chi connectivity index (χ2n) is 4.29. The van der Waals surface area contributed by atoms with Gasteiger partial charge in [-0.1, -0.05) is 6.92 Å². The van der Waals surface area contributed by atoms with E-state index in [1.54, 1.807) is 0 Å². The first-order valence-electron chi connectivity index (χ1n) is 5.51. The van der Waals surface area contributed by atoms with Crippen molar-refractivity contribution < 1.29 is 0 Å². The van der Waals surface area contributed by atoms with Crippen LogP contribution in [0.2, 0.25) is 0 Å². The highest BCUT2D eigenvalue weighted by Crippen LogP contribution is 2.41. The van der Waals surface area contributed by atoms with Crippen LogP contribution in [0.25, 0.3) is 0 Å². The summed E-state index contributed by atoms with van der Waals surface area (Å²) in [4.78, 5) is 0. The molecule has 1 aromatic rings. The predicted molar refractivity (Wildman–Crippen MR) is 56.7 cm³/mol. The van der Waals surface area contributed by atoms with Gasteiger partial charge in [-0.25, -0.2) is 0 Å². The van der Waals surface area contributed by atoms with E-state index in [0.717, 1.165) is 12.5 Å². The van der Waals surface area contributed by atoms with Crippen LogP contribution in [0.15, 0.2) is 12.3 Å². The summed E-state index contributed by atoms with van der Waals surface area (Å²) in [6.45, 7) is 5.27. The summed E-state index contributed by atoms with van der Waals surface area (Å²) < 4.78 is 2.00. The highest BCUT2D eigenvalue weighted by molar-refractivity contribution is 5.08. The molecular formula is C11H19N3. The van der Waals surface area contributed by atoms with Gasteiger partial charge in [0.1, 0.15) is 0 Å². The van der Waals surface area contributed by atoms with Crippen molar-refractivity contribution in [3.8, 4) is 0 Å². The lowest BCUT2D eigenvalue weighted by molar-refractivity contribution is 0.393. The Morgan fingerprint density at radius 1 is 1.64 bits per heavy atom. The minimum atomic E-state index is 0.157. The van der Waals surface area contributed by atoms with Crippen molar-refractivity contribution in [2.45, 2.75) is 39.3 Å². The quantitative estimate of drug-likeness (QED) is 0.794. The lowest BCUT2D eigenvalue weighted by Crippen LogP contribution is -2.23. The predicted octanol–water partition coefficient (Wildman–Crippen LogP) is 1.95. The molecule has 1 aromatic heterocycles. The van der Waals surface area contributed by atoms with Gasteiger partial charge in [0.05, 0.1) is 5.69 Å². The Kier molecular flexibility index (Phi) is 2.59. The third kappa shape index (κ3) is 1.69. The fourth-order valence-corrected chi connectivity index (χ4v) is 2.07. The van der Waals surface area contributed by atoms with Crippen LogP contribution in [0.5, 0.6) is 0 Å². The van der Waals surface area contributed by atoms with Crippen LogP contribution >= 0.6 is 0 Å². The van der Waals surface area contributed by atoms with Crippen LogP contribution in [0, 0.1) is 11.8 Å². The molecule has 1 aliphatic rings. The van der Waals surface area contributed by atoms with Gasteiger partial charge in [0, 0.05) is 18.8 Å². The van der Waals surface area contributed by atoms with Crippen LogP contribution < -0.4 is 5.73 Å². The normalized spacial score (nSPS) is 20.8. The van der Waals surface area contributed by atoms with Gasteiger partial charge in [0.25, 0.3) is 0 Å². The average molecular weight is 193 g/mol. The third-order valence-electron chi connectivity index (χ3n) is 3.32. The molecule has 0 radical (unpaired) electrons. The van der Waals surface area contributed by atoms with Crippen molar-refractivity contribution in [3.05, 3.63) is 18.0 Å². The number of hydrogen-bond donors (Lipinski definition) is 1. The maximum Gasteiger partial charge on any atom is 0.0554 e. The molecule has 78 valence electrons. The molecule has 1 saturated carbocycles. The Morgan fingerprint density at radius 3 is 2.93 bits per heavy atom. The summed E-state index contributed by atoms with van der Waals surface area (Å²) in [6.07, 6.45) is 4.56. The minimum absolute atomic E-state index is 0.157. The van der Waals surface area contributed by atoms with Crippen molar-refractivity contribution in [1.29, 1.82) is 0 Å². The van der Waals surface area contributed by atoms with E-state index in [1.165, 1.54) is 18.5 Å². The molecule has 1 heterocycles. The third-order valence-corrected chi connectivity index (χ3v) is 3.32. The smallest absolute Gasteiger partial charge is 0.0554 e. The molecule has 1 aliphatic carbocycles. The lowest BCUT2D eigenvalue weighted by Gasteiger charge is -2.20. The van der Waals surface area contributed by atoms with Gasteiger partial charge in [0.2, 0.25) is 0 Å². The van der Waals surface area contributed by atoms with Crippen LogP contribution in [0.3, 0.4) is 0 Å². The highest BCUT2D eigenvalue weighted by atomic mass is 15.3. The maximum atomic E-state index is 6.24. The minimum Gasteiger partial charge on any atom is -0.322 e. The van der Waals surface area contributed by atoms with Gasteiger partial charge in [-0.3, -0.25) is 4.68 Å². The second kappa shape index (κ2) is 3.73. The molecule has 14 heavy (non-hydrogen) atoms. The van der Waals surface area contributed by atoms with Gasteiger partial charge in [-0.05, 0) is 37.7 Å². The molecule has 0 amide bonds. The standard InChI is InChI=1S/C11H19N3/c1-3-14-10(6-7-13-14)11(12)8(2)9-4-5-9/h6-9,11H,3-5,12H2,1-2H3. The zero-order chi connectivity index (χ0) is 10.1. The Hall–Kier alpha value is -0.830. The van der Waals surface area contributed by atoms with E-state index >= 15 is 0 Å². The van der Waals surface area contributed by atoms with Crippen LogP contribution in [0.1, 0.15) is 38.4 Å². The Bertz CT molecular complexity index is 301. The van der Waals surface area contributed by atoms with E-state index in [0.29, 0.717) is 5.92 Å². The largest absolute Gasteiger partial charge is 0.322 e. The van der Waals surface area contributed by atoms with Crippen LogP contribution in [-0.2, 0) is 6.54 Å². The summed E-state index contributed by atoms with van der Waals surface area (Å²) in [5, 5.41) is 4.25. The lowest BCUT2D eigenvalue weighted by atomic mass is 9.95. The second-order valence-corrected chi connectivity index (χ2v) is 4.29. The van der Waals surface area contributed by atoms with E-state index in [1.807, 2.05) is 16.9 Å². The number of aromatic nitrogens is 2. The molecule has 0 aliphatic heterocycles. The fraction of sp³-hybridized carbons (Fsp3) is 0.727. The monoisotopic (exact) mass is 193 g/mol. The first-order valence-corrected chi connectivity index (χ1v) is 5.51. The molecule has 2 N–H and O–H groups in total. The van der Waals surface area contributed by atoms with Gasteiger partial charge in [-0.2, -0.15) is 5.10 Å². The van der Waals surface area contributed by atoms with E-state index in [4.69, 9.17) is 5.73 Å². The van der Waals surface area contributed by atoms with E-state index in [2.05, 4.69) is 18.9 Å². The van der Waals surface area contributed by atoms with Crippen molar-refractivity contribution in [2.24, 2.45) is 17.6 Å². The topological polar surface area (TPSA) is 43.8 Å². The molecule has 0 aromatic carbocycles. The Labute approximate surface area is 85.3 Å². The molecule has 2 rings (SSSR count). The van der Waals surface area contributed by atoms with Gasteiger partial charge in [0.15, 0.2) is 0 Å². The Morgan fingerprint density at radius 2 is 2.36 bits per heavy atom. The van der Waals surface area contributed by atoms with E-state index < -0.39 is 0 Å². The molecule has 3 nitrogen and oxygen atoms in total. The van der Waals surface area contributed by atoms with Crippen LogP contribution in [-0.4, -0.2) is 9.78 Å². The first-order chi connectivity index (χ1) is 6.74. The summed E-state index contributed by atoms with van der Waals surface area (Å²) >= 11 is 0. The number of nitrogens with zero attached hydrogens (tertiary/aromatic N) is 2. The average Bonchev–Trinajstić information content (AvgIpc) is 2.94. The summed E-state index contributed by atoms with van der Waals surface area (Å²) in [7, 11) is 0. The summed E-state index contributed by atoms with van der Waals surface area (Å²) in [6, 6.07) is 2.21. The summed E-state index contributed by atoms with van der Waals surface area (Å²) in [5.41, 5.74) is 7.43. The molecule has 0 bridgehead atoms. The number of rotatable bonds is 4. The first kappa shape index (κ1) is 9.71. The number of hydrogen-bond acceptors (Lipinski definition) is 2. The summed E-state index contributed by atoms with van der Waals surface area (Å²) in [5.74, 6) is 1.45. The van der Waals surface area contributed by atoms with Crippen molar-refractivity contribution in [1.82, 2.24) is 9.78 Å². The fourth-order valence-electron chi connectivity index (χ4n) is 2.07. The molecule has 1 fully saturated rings. The van der Waals surface area contributed by atoms with Gasteiger partial charge >= 0.3 is 0 Å². The SMILES string of the molecule is CCn1nccc1C(N)C(C)C1CC1. The maximum absolute atomic E-state index is 6.24. The Balaban J connectivity index is 2.12. The molecular weight excluding hydrogens is 174 g/mol. The molecule has 0 saturated heterocycles. The van der Waals surface area contributed by atoms with Gasteiger partial charge < -0.3 is 5.73 Å². The van der Waals surface area contributed by atoms with Crippen molar-refractivity contribution in [2.75, 3.05) is 0 Å². The zero-order valence-corrected chi connectivity index (χ0v) is 8.98. The molecule has 2 atom stereocenters. The molecule has 3 heteroatoms. The molecule has 2 unspecified atom stereocenters.